The van der Waals surface area contributed by atoms with Crippen molar-refractivity contribution in [1.82, 2.24) is 15.0 Å². The first kappa shape index (κ1) is 19.1. The summed E-state index contributed by atoms with van der Waals surface area (Å²) in [5.41, 5.74) is 1.67. The van der Waals surface area contributed by atoms with Crippen molar-refractivity contribution in [3.63, 3.8) is 0 Å². The summed E-state index contributed by atoms with van der Waals surface area (Å²) in [6.07, 6.45) is 0.632. The van der Waals surface area contributed by atoms with Gasteiger partial charge in [-0.1, -0.05) is 28.6 Å². The van der Waals surface area contributed by atoms with Gasteiger partial charge in [0.15, 0.2) is 10.8 Å². The van der Waals surface area contributed by atoms with E-state index in [4.69, 9.17) is 9.26 Å². The second-order valence-corrected chi connectivity index (χ2v) is 7.66. The average molecular weight is 412 g/mol. The van der Waals surface area contributed by atoms with E-state index in [0.717, 1.165) is 10.6 Å². The van der Waals surface area contributed by atoms with Gasteiger partial charge in [0.1, 0.15) is 11.5 Å². The highest BCUT2D eigenvalue weighted by molar-refractivity contribution is 7.15. The van der Waals surface area contributed by atoms with E-state index in [0.29, 0.717) is 48.3 Å². The zero-order valence-electron chi connectivity index (χ0n) is 16.1. The Hall–Kier alpha value is -3.20. The molecule has 0 bridgehead atoms. The van der Waals surface area contributed by atoms with Gasteiger partial charge in [-0.2, -0.15) is 0 Å². The van der Waals surface area contributed by atoms with Crippen molar-refractivity contribution in [2.45, 2.75) is 26.8 Å². The summed E-state index contributed by atoms with van der Waals surface area (Å²) in [4.78, 5) is 32.5. The van der Waals surface area contributed by atoms with Crippen LogP contribution in [0.3, 0.4) is 0 Å². The number of thiazole rings is 1. The van der Waals surface area contributed by atoms with Crippen molar-refractivity contribution in [3.05, 3.63) is 57.9 Å². The lowest BCUT2D eigenvalue weighted by molar-refractivity contribution is 0.0732. The normalized spacial score (nSPS) is 13.1. The summed E-state index contributed by atoms with van der Waals surface area (Å²) in [6.45, 7) is 5.12. The number of aryl methyl sites for hydroxylation is 1. The lowest BCUT2D eigenvalue weighted by Crippen LogP contribution is -2.35. The van der Waals surface area contributed by atoms with Gasteiger partial charge >= 0.3 is 0 Å². The van der Waals surface area contributed by atoms with Crippen LogP contribution in [-0.2, 0) is 13.0 Å². The van der Waals surface area contributed by atoms with Crippen LogP contribution in [0.15, 0.2) is 34.9 Å². The number of ether oxygens (including phenoxy) is 1. The molecule has 4 rings (SSSR count). The largest absolute Gasteiger partial charge is 0.493 e. The Morgan fingerprint density at radius 1 is 1.34 bits per heavy atom. The Morgan fingerprint density at radius 3 is 2.93 bits per heavy atom. The topological polar surface area (TPSA) is 97.6 Å². The van der Waals surface area contributed by atoms with Gasteiger partial charge in [0.05, 0.1) is 24.4 Å². The summed E-state index contributed by atoms with van der Waals surface area (Å²) in [7, 11) is 0. The van der Waals surface area contributed by atoms with Gasteiger partial charge in [0.25, 0.3) is 11.8 Å². The number of nitrogens with one attached hydrogen (secondary N) is 1. The molecular formula is C20H20N4O4S. The predicted octanol–water partition coefficient (Wildman–Crippen LogP) is 3.29. The number of benzene rings is 1. The number of carbonyl (C=O) groups is 2. The molecule has 1 aliphatic rings. The molecule has 1 N–H and O–H groups in total. The summed E-state index contributed by atoms with van der Waals surface area (Å²) in [5.74, 6) is 0.712. The quantitative estimate of drug-likeness (QED) is 0.691. The van der Waals surface area contributed by atoms with Crippen LogP contribution in [0, 0.1) is 6.92 Å². The van der Waals surface area contributed by atoms with E-state index in [1.54, 1.807) is 30.0 Å². The van der Waals surface area contributed by atoms with Crippen molar-refractivity contribution in [1.29, 1.82) is 0 Å². The maximum absolute atomic E-state index is 13.0. The van der Waals surface area contributed by atoms with Gasteiger partial charge in [-0.3, -0.25) is 14.9 Å². The zero-order valence-corrected chi connectivity index (χ0v) is 16.9. The number of nitrogens with zero attached hydrogens (tertiary/aromatic N) is 3. The molecule has 8 nitrogen and oxygen atoms in total. The highest BCUT2D eigenvalue weighted by Crippen LogP contribution is 2.30. The Bertz CT molecular complexity index is 1060. The fourth-order valence-corrected chi connectivity index (χ4v) is 4.17. The second kappa shape index (κ2) is 8.04. The van der Waals surface area contributed by atoms with Gasteiger partial charge in [-0.15, -0.1) is 0 Å². The van der Waals surface area contributed by atoms with Gasteiger partial charge in [-0.25, -0.2) is 4.98 Å². The first-order chi connectivity index (χ1) is 14.0. The van der Waals surface area contributed by atoms with Crippen LogP contribution in [0.5, 0.6) is 5.75 Å². The van der Waals surface area contributed by atoms with Crippen molar-refractivity contribution in [2.24, 2.45) is 0 Å². The first-order valence-electron chi connectivity index (χ1n) is 9.29. The number of amides is 2. The minimum atomic E-state index is -0.369. The van der Waals surface area contributed by atoms with Crippen molar-refractivity contribution < 1.29 is 18.8 Å². The van der Waals surface area contributed by atoms with E-state index < -0.39 is 0 Å². The number of carbonyl (C=O) groups excluding carboxylic acids is 2. The van der Waals surface area contributed by atoms with E-state index >= 15 is 0 Å². The highest BCUT2D eigenvalue weighted by Gasteiger charge is 2.27. The molecule has 0 atom stereocenters. The van der Waals surface area contributed by atoms with Crippen LogP contribution in [0.2, 0.25) is 0 Å². The first-order valence-corrected chi connectivity index (χ1v) is 10.1. The molecule has 1 aromatic carbocycles. The van der Waals surface area contributed by atoms with E-state index in [-0.39, 0.29) is 17.5 Å². The van der Waals surface area contributed by atoms with Crippen molar-refractivity contribution >= 4 is 28.3 Å². The summed E-state index contributed by atoms with van der Waals surface area (Å²) in [6, 6.07) is 8.83. The second-order valence-electron chi connectivity index (χ2n) is 6.57. The van der Waals surface area contributed by atoms with E-state index in [1.807, 2.05) is 19.1 Å². The third kappa shape index (κ3) is 4.00. The Kier molecular flexibility index (Phi) is 5.30. The SMILES string of the molecule is CCOc1ccccc1C(=O)N1CCc2nc(NC(=O)c3cc(C)on3)sc2C1. The number of rotatable bonds is 5. The third-order valence-corrected chi connectivity index (χ3v) is 5.51. The molecule has 3 heterocycles. The maximum atomic E-state index is 13.0. The molecule has 29 heavy (non-hydrogen) atoms. The average Bonchev–Trinajstić information content (AvgIpc) is 3.33. The fourth-order valence-electron chi connectivity index (χ4n) is 3.15. The predicted molar refractivity (Wildman–Crippen MR) is 107 cm³/mol. The lowest BCUT2D eigenvalue weighted by atomic mass is 10.1. The molecule has 0 spiro atoms. The van der Waals surface area contributed by atoms with Crippen LogP contribution in [0.1, 0.15) is 44.1 Å². The Labute approximate surface area is 171 Å². The van der Waals surface area contributed by atoms with E-state index in [9.17, 15) is 9.59 Å². The Morgan fingerprint density at radius 2 is 2.17 bits per heavy atom. The molecule has 9 heteroatoms. The molecule has 0 saturated carbocycles. The molecule has 3 aromatic rings. The monoisotopic (exact) mass is 412 g/mol. The van der Waals surface area contributed by atoms with Gasteiger partial charge in [0, 0.05) is 23.9 Å². The zero-order chi connectivity index (χ0) is 20.4. The van der Waals surface area contributed by atoms with Crippen molar-refractivity contribution in [2.75, 3.05) is 18.5 Å². The van der Waals surface area contributed by atoms with Gasteiger partial charge in [-0.05, 0) is 26.0 Å². The molecule has 2 amide bonds. The van der Waals surface area contributed by atoms with Crippen LogP contribution >= 0.6 is 11.3 Å². The molecule has 0 radical (unpaired) electrons. The number of hydrogen-bond acceptors (Lipinski definition) is 7. The lowest BCUT2D eigenvalue weighted by Gasteiger charge is -2.26. The summed E-state index contributed by atoms with van der Waals surface area (Å²) < 4.78 is 10.5. The van der Waals surface area contributed by atoms with Gasteiger partial charge < -0.3 is 14.2 Å². The maximum Gasteiger partial charge on any atom is 0.279 e. The minimum absolute atomic E-state index is 0.0724. The third-order valence-electron chi connectivity index (χ3n) is 4.52. The number of anilines is 1. The fraction of sp³-hybridized carbons (Fsp3) is 0.300. The molecule has 150 valence electrons. The van der Waals surface area contributed by atoms with Gasteiger partial charge in [0.2, 0.25) is 0 Å². The van der Waals surface area contributed by atoms with Crippen LogP contribution in [0.4, 0.5) is 5.13 Å². The van der Waals surface area contributed by atoms with E-state index in [1.165, 1.54) is 11.3 Å². The number of fused-ring (bicyclic) bond motifs is 1. The number of para-hydroxylation sites is 1. The van der Waals surface area contributed by atoms with Crippen molar-refractivity contribution in [3.8, 4) is 5.75 Å². The molecule has 0 saturated heterocycles. The molecule has 0 unspecified atom stereocenters. The van der Waals surface area contributed by atoms with Crippen LogP contribution < -0.4 is 10.1 Å². The molecule has 2 aromatic heterocycles. The summed E-state index contributed by atoms with van der Waals surface area (Å²) in [5, 5.41) is 6.95. The molecule has 0 aliphatic carbocycles. The Balaban J connectivity index is 1.48. The standard InChI is InChI=1S/C20H20N4O4S/c1-3-27-16-7-5-4-6-13(16)19(26)24-9-8-14-17(11-24)29-20(21-14)22-18(25)15-10-12(2)28-23-15/h4-7,10H,3,8-9,11H2,1-2H3,(H,21,22,25). The van der Waals surface area contributed by atoms with Crippen LogP contribution in [0.25, 0.3) is 0 Å². The molecule has 0 fully saturated rings. The molecular weight excluding hydrogens is 392 g/mol. The van der Waals surface area contributed by atoms with E-state index in [2.05, 4.69) is 15.5 Å². The van der Waals surface area contributed by atoms with Crippen LogP contribution in [-0.4, -0.2) is 40.0 Å². The minimum Gasteiger partial charge on any atom is -0.493 e. The number of aromatic nitrogens is 2. The summed E-state index contributed by atoms with van der Waals surface area (Å²) >= 11 is 1.37. The molecule has 1 aliphatic heterocycles. The smallest absolute Gasteiger partial charge is 0.279 e. The highest BCUT2D eigenvalue weighted by atomic mass is 32.1. The number of hydrogen-bond donors (Lipinski definition) is 1.